The molecule has 0 aromatic rings. The van der Waals surface area contributed by atoms with Gasteiger partial charge in [0.05, 0.1) is 0 Å². The van der Waals surface area contributed by atoms with Crippen LogP contribution < -0.4 is 0 Å². The molecular formula is C14H28. The fourth-order valence-electron chi connectivity index (χ4n) is 1.56. The molecule has 0 heterocycles. The Balaban J connectivity index is 4.11. The van der Waals surface area contributed by atoms with Gasteiger partial charge in [-0.15, -0.1) is 0 Å². The molecule has 0 fully saturated rings. The summed E-state index contributed by atoms with van der Waals surface area (Å²) >= 11 is 0. The molecular weight excluding hydrogens is 168 g/mol. The molecule has 0 aromatic carbocycles. The second-order valence-electron chi connectivity index (χ2n) is 6.78. The van der Waals surface area contributed by atoms with Crippen LogP contribution in [0.1, 0.15) is 61.3 Å². The molecule has 0 saturated heterocycles. The van der Waals surface area contributed by atoms with Gasteiger partial charge in [0.2, 0.25) is 0 Å². The lowest BCUT2D eigenvalue weighted by Gasteiger charge is -2.29. The zero-order chi connectivity index (χ0) is 11.6. The van der Waals surface area contributed by atoms with Gasteiger partial charge < -0.3 is 0 Å². The van der Waals surface area contributed by atoms with Crippen LogP contribution in [0.4, 0.5) is 0 Å². The first-order valence-electron chi connectivity index (χ1n) is 5.73. The predicted molar refractivity (Wildman–Crippen MR) is 66.4 cm³/mol. The first-order valence-corrected chi connectivity index (χ1v) is 5.73. The summed E-state index contributed by atoms with van der Waals surface area (Å²) in [5.74, 6) is 0.647. The van der Waals surface area contributed by atoms with Crippen molar-refractivity contribution in [3.63, 3.8) is 0 Å². The van der Waals surface area contributed by atoms with E-state index in [0.717, 1.165) is 0 Å². The van der Waals surface area contributed by atoms with Crippen LogP contribution in [0.5, 0.6) is 0 Å². The van der Waals surface area contributed by atoms with Gasteiger partial charge >= 0.3 is 0 Å². The van der Waals surface area contributed by atoms with Gasteiger partial charge in [-0.25, -0.2) is 0 Å². The maximum absolute atomic E-state index is 4.23. The van der Waals surface area contributed by atoms with Crippen molar-refractivity contribution in [2.45, 2.75) is 61.3 Å². The Morgan fingerprint density at radius 3 is 1.79 bits per heavy atom. The lowest BCUT2D eigenvalue weighted by molar-refractivity contribution is 0.325. The Kier molecular flexibility index (Phi) is 4.42. The number of rotatable bonds is 3. The topological polar surface area (TPSA) is 0 Å². The molecule has 0 spiro atoms. The second-order valence-corrected chi connectivity index (χ2v) is 6.78. The van der Waals surface area contributed by atoms with Crippen LogP contribution in [0.15, 0.2) is 12.2 Å². The van der Waals surface area contributed by atoms with E-state index in [2.05, 4.69) is 55.0 Å². The molecule has 0 aliphatic carbocycles. The predicted octanol–water partition coefficient (Wildman–Crippen LogP) is 5.05. The highest BCUT2D eigenvalue weighted by molar-refractivity contribution is 5.08. The van der Waals surface area contributed by atoms with Crippen LogP contribution in [0.25, 0.3) is 0 Å². The van der Waals surface area contributed by atoms with Gasteiger partial charge in [0.15, 0.2) is 0 Å². The molecule has 0 N–H and O–H groups in total. The van der Waals surface area contributed by atoms with Crippen LogP contribution in [-0.2, 0) is 0 Å². The van der Waals surface area contributed by atoms with Crippen molar-refractivity contribution in [1.82, 2.24) is 0 Å². The zero-order valence-corrected chi connectivity index (χ0v) is 11.2. The molecule has 0 amide bonds. The van der Waals surface area contributed by atoms with Gasteiger partial charge in [-0.1, -0.05) is 60.6 Å². The maximum atomic E-state index is 4.23. The van der Waals surface area contributed by atoms with Crippen molar-refractivity contribution in [3.8, 4) is 0 Å². The Hall–Kier alpha value is -0.260. The van der Waals surface area contributed by atoms with Gasteiger partial charge in [-0.05, 0) is 29.6 Å². The van der Waals surface area contributed by atoms with Gasteiger partial charge in [-0.2, -0.15) is 0 Å². The summed E-state index contributed by atoms with van der Waals surface area (Å²) in [6.45, 7) is 20.2. The third-order valence-electron chi connectivity index (χ3n) is 2.89. The first kappa shape index (κ1) is 13.7. The highest BCUT2D eigenvalue weighted by Crippen LogP contribution is 2.34. The van der Waals surface area contributed by atoms with Crippen molar-refractivity contribution in [3.05, 3.63) is 12.2 Å². The van der Waals surface area contributed by atoms with Gasteiger partial charge in [-0.3, -0.25) is 0 Å². The van der Waals surface area contributed by atoms with E-state index in [0.29, 0.717) is 11.3 Å². The second kappa shape index (κ2) is 4.51. The van der Waals surface area contributed by atoms with E-state index in [1.807, 2.05) is 0 Å². The summed E-state index contributed by atoms with van der Waals surface area (Å²) in [6.07, 6.45) is 2.54. The van der Waals surface area contributed by atoms with E-state index in [1.165, 1.54) is 18.4 Å². The smallest absolute Gasteiger partial charge is 0.0173 e. The van der Waals surface area contributed by atoms with Crippen LogP contribution in [0.3, 0.4) is 0 Å². The largest absolute Gasteiger partial charge is 0.0991 e. The summed E-state index contributed by atoms with van der Waals surface area (Å²) in [5, 5.41) is 0. The van der Waals surface area contributed by atoms with E-state index in [1.54, 1.807) is 0 Å². The van der Waals surface area contributed by atoms with Crippen LogP contribution >= 0.6 is 0 Å². The number of hydrogen-bond acceptors (Lipinski definition) is 0. The first-order chi connectivity index (χ1) is 6.04. The van der Waals surface area contributed by atoms with Gasteiger partial charge in [0, 0.05) is 0 Å². The highest BCUT2D eigenvalue weighted by atomic mass is 14.3. The number of hydrogen-bond donors (Lipinski definition) is 0. The standard InChI is InChI=1S/C14H28/c1-11(9-10-13(3,4)5)12(2)14(6,7)8/h11H,2,9-10H2,1,3-8H3. The minimum absolute atomic E-state index is 0.261. The summed E-state index contributed by atoms with van der Waals surface area (Å²) in [6, 6.07) is 0. The molecule has 0 bridgehead atoms. The Morgan fingerprint density at radius 2 is 1.50 bits per heavy atom. The van der Waals surface area contributed by atoms with Crippen molar-refractivity contribution < 1.29 is 0 Å². The lowest BCUT2D eigenvalue weighted by atomic mass is 9.77. The molecule has 0 rings (SSSR count). The summed E-state index contributed by atoms with van der Waals surface area (Å²) in [5.41, 5.74) is 2.10. The Labute approximate surface area is 90.8 Å². The summed E-state index contributed by atoms with van der Waals surface area (Å²) < 4.78 is 0. The molecule has 0 aliphatic heterocycles. The van der Waals surface area contributed by atoms with Crippen LogP contribution in [-0.4, -0.2) is 0 Å². The SMILES string of the molecule is C=C(C(C)CCC(C)(C)C)C(C)(C)C. The van der Waals surface area contributed by atoms with E-state index in [9.17, 15) is 0 Å². The average molecular weight is 196 g/mol. The molecule has 0 nitrogen and oxygen atoms in total. The quantitative estimate of drug-likeness (QED) is 0.554. The monoisotopic (exact) mass is 196 g/mol. The fourth-order valence-corrected chi connectivity index (χ4v) is 1.56. The lowest BCUT2D eigenvalue weighted by Crippen LogP contribution is -2.17. The molecule has 0 aromatic heterocycles. The maximum Gasteiger partial charge on any atom is -0.0173 e. The molecule has 84 valence electrons. The summed E-state index contributed by atoms with van der Waals surface area (Å²) in [7, 11) is 0. The Bertz CT molecular complexity index is 185. The zero-order valence-electron chi connectivity index (χ0n) is 11.2. The van der Waals surface area contributed by atoms with Crippen molar-refractivity contribution in [2.24, 2.45) is 16.7 Å². The normalized spacial score (nSPS) is 15.4. The molecule has 0 aliphatic rings. The molecule has 1 unspecified atom stereocenters. The van der Waals surface area contributed by atoms with E-state index in [-0.39, 0.29) is 5.41 Å². The minimum atomic E-state index is 0.261. The van der Waals surface area contributed by atoms with E-state index in [4.69, 9.17) is 0 Å². The van der Waals surface area contributed by atoms with Gasteiger partial charge in [0.1, 0.15) is 0 Å². The Morgan fingerprint density at radius 1 is 1.07 bits per heavy atom. The number of allylic oxidation sites excluding steroid dienone is 1. The van der Waals surface area contributed by atoms with Crippen molar-refractivity contribution >= 4 is 0 Å². The van der Waals surface area contributed by atoms with Crippen LogP contribution in [0, 0.1) is 16.7 Å². The fraction of sp³-hybridized carbons (Fsp3) is 0.857. The van der Waals surface area contributed by atoms with Gasteiger partial charge in [0.25, 0.3) is 0 Å². The average Bonchev–Trinajstić information content (AvgIpc) is 1.95. The highest BCUT2D eigenvalue weighted by Gasteiger charge is 2.21. The molecule has 0 heteroatoms. The van der Waals surface area contributed by atoms with Crippen LogP contribution in [0.2, 0.25) is 0 Å². The third kappa shape index (κ3) is 5.47. The molecule has 1 atom stereocenters. The molecule has 0 saturated carbocycles. The van der Waals surface area contributed by atoms with Crippen molar-refractivity contribution in [1.29, 1.82) is 0 Å². The molecule has 0 radical (unpaired) electrons. The summed E-state index contributed by atoms with van der Waals surface area (Å²) in [4.78, 5) is 0. The van der Waals surface area contributed by atoms with Crippen molar-refractivity contribution in [2.75, 3.05) is 0 Å². The van der Waals surface area contributed by atoms with E-state index >= 15 is 0 Å². The third-order valence-corrected chi connectivity index (χ3v) is 2.89. The minimum Gasteiger partial charge on any atom is -0.0991 e. The molecule has 14 heavy (non-hydrogen) atoms. The van der Waals surface area contributed by atoms with E-state index < -0.39 is 0 Å².